The number of imidazole rings is 1. The van der Waals surface area contributed by atoms with Crippen LogP contribution in [0, 0.1) is 0 Å². The molecular weight excluding hydrogens is 234 g/mol. The van der Waals surface area contributed by atoms with Crippen molar-refractivity contribution in [2.24, 2.45) is 5.73 Å². The summed E-state index contributed by atoms with van der Waals surface area (Å²) in [6.07, 6.45) is 9.56. The SMILES string of the molecule is CCCCCCCC(N)Cn1cnc2ccccc21. The summed E-state index contributed by atoms with van der Waals surface area (Å²) in [6.45, 7) is 3.12. The molecule has 0 aliphatic carbocycles. The van der Waals surface area contributed by atoms with Crippen LogP contribution in [-0.2, 0) is 6.54 Å². The Balaban J connectivity index is 1.80. The van der Waals surface area contributed by atoms with Gasteiger partial charge in [0, 0.05) is 12.6 Å². The van der Waals surface area contributed by atoms with Crippen LogP contribution in [0.4, 0.5) is 0 Å². The third kappa shape index (κ3) is 4.06. The first-order valence-electron chi connectivity index (χ1n) is 7.46. The van der Waals surface area contributed by atoms with E-state index in [0.717, 1.165) is 18.5 Å². The summed E-state index contributed by atoms with van der Waals surface area (Å²) in [5.41, 5.74) is 8.46. The van der Waals surface area contributed by atoms with Crippen LogP contribution < -0.4 is 5.73 Å². The molecule has 2 rings (SSSR count). The van der Waals surface area contributed by atoms with Crippen molar-refractivity contribution in [3.63, 3.8) is 0 Å². The summed E-state index contributed by atoms with van der Waals surface area (Å²) < 4.78 is 2.17. The Bertz CT molecular complexity index is 489. The van der Waals surface area contributed by atoms with E-state index >= 15 is 0 Å². The zero-order valence-corrected chi connectivity index (χ0v) is 11.9. The number of aromatic nitrogens is 2. The highest BCUT2D eigenvalue weighted by Crippen LogP contribution is 2.13. The fourth-order valence-corrected chi connectivity index (χ4v) is 2.51. The molecule has 19 heavy (non-hydrogen) atoms. The van der Waals surface area contributed by atoms with E-state index in [-0.39, 0.29) is 6.04 Å². The van der Waals surface area contributed by atoms with Crippen LogP contribution >= 0.6 is 0 Å². The van der Waals surface area contributed by atoms with Gasteiger partial charge in [0.15, 0.2) is 0 Å². The number of rotatable bonds is 8. The minimum Gasteiger partial charge on any atom is -0.329 e. The van der Waals surface area contributed by atoms with Crippen LogP contribution in [0.3, 0.4) is 0 Å². The number of fused-ring (bicyclic) bond motifs is 1. The highest BCUT2D eigenvalue weighted by molar-refractivity contribution is 5.74. The average molecular weight is 259 g/mol. The molecular formula is C16H25N3. The van der Waals surface area contributed by atoms with E-state index in [1.807, 2.05) is 18.5 Å². The van der Waals surface area contributed by atoms with E-state index in [1.165, 1.54) is 37.6 Å². The third-order valence-electron chi connectivity index (χ3n) is 3.64. The van der Waals surface area contributed by atoms with Gasteiger partial charge < -0.3 is 10.3 Å². The fraction of sp³-hybridized carbons (Fsp3) is 0.562. The van der Waals surface area contributed by atoms with Crippen LogP contribution in [0.5, 0.6) is 0 Å². The first-order valence-corrected chi connectivity index (χ1v) is 7.46. The van der Waals surface area contributed by atoms with Crippen LogP contribution in [0.25, 0.3) is 11.0 Å². The first kappa shape index (κ1) is 14.1. The van der Waals surface area contributed by atoms with Gasteiger partial charge in [0.2, 0.25) is 0 Å². The lowest BCUT2D eigenvalue weighted by Gasteiger charge is -2.13. The number of para-hydroxylation sites is 2. The second kappa shape index (κ2) is 7.29. The Hall–Kier alpha value is -1.35. The summed E-state index contributed by atoms with van der Waals surface area (Å²) in [6, 6.07) is 8.46. The smallest absolute Gasteiger partial charge is 0.0958 e. The molecule has 104 valence electrons. The number of hydrogen-bond donors (Lipinski definition) is 1. The Morgan fingerprint density at radius 1 is 1.16 bits per heavy atom. The summed E-state index contributed by atoms with van der Waals surface area (Å²) in [7, 11) is 0. The molecule has 0 fully saturated rings. The molecule has 0 saturated carbocycles. The maximum atomic E-state index is 6.22. The zero-order valence-electron chi connectivity index (χ0n) is 11.9. The molecule has 0 aliphatic heterocycles. The quantitative estimate of drug-likeness (QED) is 0.734. The number of hydrogen-bond acceptors (Lipinski definition) is 2. The lowest BCUT2D eigenvalue weighted by molar-refractivity contribution is 0.490. The topological polar surface area (TPSA) is 43.8 Å². The molecule has 1 unspecified atom stereocenters. The van der Waals surface area contributed by atoms with Crippen molar-refractivity contribution in [1.29, 1.82) is 0 Å². The van der Waals surface area contributed by atoms with Crippen molar-refractivity contribution in [3.8, 4) is 0 Å². The molecule has 1 aromatic heterocycles. The Morgan fingerprint density at radius 3 is 2.79 bits per heavy atom. The molecule has 0 radical (unpaired) electrons. The minimum atomic E-state index is 0.235. The van der Waals surface area contributed by atoms with Gasteiger partial charge in [0.1, 0.15) is 0 Å². The van der Waals surface area contributed by atoms with Crippen molar-refractivity contribution >= 4 is 11.0 Å². The van der Waals surface area contributed by atoms with Gasteiger partial charge in [-0.2, -0.15) is 0 Å². The zero-order chi connectivity index (χ0) is 13.5. The second-order valence-electron chi connectivity index (χ2n) is 5.35. The van der Waals surface area contributed by atoms with Crippen molar-refractivity contribution < 1.29 is 0 Å². The Kier molecular flexibility index (Phi) is 5.40. The molecule has 3 heteroatoms. The standard InChI is InChI=1S/C16H25N3/c1-2-3-4-5-6-9-14(17)12-19-13-18-15-10-7-8-11-16(15)19/h7-8,10-11,13-14H,2-6,9,12,17H2,1H3. The van der Waals surface area contributed by atoms with Gasteiger partial charge in [-0.15, -0.1) is 0 Å². The average Bonchev–Trinajstić information content (AvgIpc) is 2.82. The molecule has 1 aromatic carbocycles. The Morgan fingerprint density at radius 2 is 1.95 bits per heavy atom. The van der Waals surface area contributed by atoms with Gasteiger partial charge in [0.05, 0.1) is 17.4 Å². The molecule has 0 bridgehead atoms. The van der Waals surface area contributed by atoms with E-state index in [2.05, 4.69) is 28.6 Å². The number of unbranched alkanes of at least 4 members (excludes halogenated alkanes) is 4. The van der Waals surface area contributed by atoms with Crippen molar-refractivity contribution in [3.05, 3.63) is 30.6 Å². The minimum absolute atomic E-state index is 0.235. The summed E-state index contributed by atoms with van der Waals surface area (Å²) in [4.78, 5) is 4.40. The van der Waals surface area contributed by atoms with Gasteiger partial charge in [-0.05, 0) is 18.6 Å². The maximum absolute atomic E-state index is 6.22. The fourth-order valence-electron chi connectivity index (χ4n) is 2.51. The van der Waals surface area contributed by atoms with Gasteiger partial charge in [-0.3, -0.25) is 0 Å². The molecule has 0 amide bonds. The molecule has 3 nitrogen and oxygen atoms in total. The number of nitrogens with two attached hydrogens (primary N) is 1. The summed E-state index contributed by atoms with van der Waals surface area (Å²) in [5.74, 6) is 0. The third-order valence-corrected chi connectivity index (χ3v) is 3.64. The number of nitrogens with zero attached hydrogens (tertiary/aromatic N) is 2. The highest BCUT2D eigenvalue weighted by atomic mass is 15.1. The van der Waals surface area contributed by atoms with Crippen LogP contribution in [0.2, 0.25) is 0 Å². The molecule has 0 spiro atoms. The van der Waals surface area contributed by atoms with Gasteiger partial charge in [-0.1, -0.05) is 51.2 Å². The lowest BCUT2D eigenvalue weighted by Crippen LogP contribution is -2.25. The van der Waals surface area contributed by atoms with E-state index < -0.39 is 0 Å². The molecule has 2 N–H and O–H groups in total. The van der Waals surface area contributed by atoms with Gasteiger partial charge in [0.25, 0.3) is 0 Å². The van der Waals surface area contributed by atoms with E-state index in [0.29, 0.717) is 0 Å². The van der Waals surface area contributed by atoms with Crippen molar-refractivity contribution in [1.82, 2.24) is 9.55 Å². The van der Waals surface area contributed by atoms with Crippen molar-refractivity contribution in [2.75, 3.05) is 0 Å². The summed E-state index contributed by atoms with van der Waals surface area (Å²) in [5, 5.41) is 0. The highest BCUT2D eigenvalue weighted by Gasteiger charge is 2.06. The summed E-state index contributed by atoms with van der Waals surface area (Å²) >= 11 is 0. The molecule has 0 saturated heterocycles. The van der Waals surface area contributed by atoms with Crippen molar-refractivity contribution in [2.45, 2.75) is 58.0 Å². The molecule has 1 heterocycles. The predicted molar refractivity (Wildman–Crippen MR) is 81.1 cm³/mol. The monoisotopic (exact) mass is 259 g/mol. The van der Waals surface area contributed by atoms with Crippen LogP contribution in [-0.4, -0.2) is 15.6 Å². The van der Waals surface area contributed by atoms with Crippen LogP contribution in [0.1, 0.15) is 45.4 Å². The molecule has 2 aromatic rings. The number of benzene rings is 1. The second-order valence-corrected chi connectivity index (χ2v) is 5.35. The largest absolute Gasteiger partial charge is 0.329 e. The molecule has 0 aliphatic rings. The molecule has 1 atom stereocenters. The first-order chi connectivity index (χ1) is 9.31. The van der Waals surface area contributed by atoms with Gasteiger partial charge in [-0.25, -0.2) is 4.98 Å². The lowest BCUT2D eigenvalue weighted by atomic mass is 10.1. The van der Waals surface area contributed by atoms with Gasteiger partial charge >= 0.3 is 0 Å². The van der Waals surface area contributed by atoms with E-state index in [9.17, 15) is 0 Å². The van der Waals surface area contributed by atoms with Crippen LogP contribution in [0.15, 0.2) is 30.6 Å². The Labute approximate surface area is 115 Å². The predicted octanol–water partition coefficient (Wildman–Crippen LogP) is 3.72. The normalized spacial score (nSPS) is 12.9. The van der Waals surface area contributed by atoms with E-state index in [4.69, 9.17) is 5.73 Å². The van der Waals surface area contributed by atoms with E-state index in [1.54, 1.807) is 0 Å². The maximum Gasteiger partial charge on any atom is 0.0958 e.